The van der Waals surface area contributed by atoms with Crippen molar-refractivity contribution in [1.29, 1.82) is 0 Å². The fourth-order valence-corrected chi connectivity index (χ4v) is 10.2. The van der Waals surface area contributed by atoms with Crippen LogP contribution >= 0.6 is 0 Å². The Morgan fingerprint density at radius 2 is 0.881 bits per heavy atom. The van der Waals surface area contributed by atoms with Crippen LogP contribution in [0.2, 0.25) is 0 Å². The van der Waals surface area contributed by atoms with Gasteiger partial charge in [-0.15, -0.1) is 0 Å². The lowest BCUT2D eigenvalue weighted by Crippen LogP contribution is -2.28. The molecular weight excluding hydrogens is 717 g/mol. The Kier molecular flexibility index (Phi) is 7.19. The highest BCUT2D eigenvalue weighted by Gasteiger charge is 2.46. The molecule has 0 aliphatic heterocycles. The molecule has 0 amide bonds. The van der Waals surface area contributed by atoms with E-state index in [9.17, 15) is 0 Å². The van der Waals surface area contributed by atoms with E-state index in [2.05, 4.69) is 196 Å². The summed E-state index contributed by atoms with van der Waals surface area (Å²) in [6.45, 7) is 4.64. The molecule has 59 heavy (non-hydrogen) atoms. The van der Waals surface area contributed by atoms with Crippen molar-refractivity contribution >= 4 is 21.9 Å². The topological polar surface area (TPSA) is 38.9 Å². The van der Waals surface area contributed by atoms with Crippen LogP contribution in [0, 0.1) is 0 Å². The van der Waals surface area contributed by atoms with Gasteiger partial charge < -0.3 is 4.42 Å². The highest BCUT2D eigenvalue weighted by molar-refractivity contribution is 6.06. The number of fused-ring (bicyclic) bond motifs is 9. The molecule has 0 N–H and O–H groups in total. The molecule has 8 aromatic carbocycles. The van der Waals surface area contributed by atoms with Crippen LogP contribution in [-0.2, 0) is 10.8 Å². The predicted octanol–water partition coefficient (Wildman–Crippen LogP) is 14.0. The summed E-state index contributed by atoms with van der Waals surface area (Å²) in [5, 5.41) is 2.17. The van der Waals surface area contributed by atoms with E-state index in [0.717, 1.165) is 50.0 Å². The number of rotatable bonds is 5. The van der Waals surface area contributed by atoms with Crippen LogP contribution in [-0.4, -0.2) is 9.97 Å². The minimum absolute atomic E-state index is 0.150. The zero-order valence-corrected chi connectivity index (χ0v) is 32.8. The number of hydrogen-bond donors (Lipinski definition) is 0. The fourth-order valence-electron chi connectivity index (χ4n) is 10.2. The molecule has 0 fully saturated rings. The molecule has 0 bridgehead atoms. The van der Waals surface area contributed by atoms with Crippen molar-refractivity contribution < 1.29 is 4.42 Å². The van der Waals surface area contributed by atoms with E-state index < -0.39 is 5.41 Å². The van der Waals surface area contributed by atoms with E-state index in [1.807, 2.05) is 12.1 Å². The largest absolute Gasteiger partial charge is 0.456 e. The molecule has 0 atom stereocenters. The second-order valence-corrected chi connectivity index (χ2v) is 16.5. The molecule has 3 heteroatoms. The molecular formula is C56H38N2O. The van der Waals surface area contributed by atoms with Crippen molar-refractivity contribution in [1.82, 2.24) is 9.97 Å². The molecule has 0 radical (unpaired) electrons. The number of para-hydroxylation sites is 1. The van der Waals surface area contributed by atoms with Crippen molar-refractivity contribution in [2.75, 3.05) is 0 Å². The van der Waals surface area contributed by atoms with E-state index >= 15 is 0 Å². The Labute approximate surface area is 343 Å². The van der Waals surface area contributed by atoms with Gasteiger partial charge in [0.2, 0.25) is 0 Å². The Hall–Kier alpha value is -7.36. The molecule has 10 aromatic rings. The third kappa shape index (κ3) is 4.88. The van der Waals surface area contributed by atoms with Gasteiger partial charge in [0.1, 0.15) is 11.2 Å². The number of aromatic nitrogens is 2. The summed E-state index contributed by atoms with van der Waals surface area (Å²) in [6.07, 6.45) is 0. The van der Waals surface area contributed by atoms with Gasteiger partial charge >= 0.3 is 0 Å². The fraction of sp³-hybridized carbons (Fsp3) is 0.0714. The highest BCUT2D eigenvalue weighted by atomic mass is 16.3. The molecule has 2 aliphatic carbocycles. The second-order valence-electron chi connectivity index (χ2n) is 16.5. The molecule has 0 spiro atoms. The number of hydrogen-bond acceptors (Lipinski definition) is 3. The maximum atomic E-state index is 6.25. The smallest absolute Gasteiger partial charge is 0.160 e. The van der Waals surface area contributed by atoms with Gasteiger partial charge in [0.15, 0.2) is 5.82 Å². The van der Waals surface area contributed by atoms with Crippen LogP contribution in [0.15, 0.2) is 199 Å². The lowest BCUT2D eigenvalue weighted by atomic mass is 9.67. The van der Waals surface area contributed by atoms with Crippen LogP contribution < -0.4 is 0 Å². The average Bonchev–Trinajstić information content (AvgIpc) is 3.90. The first-order chi connectivity index (χ1) is 29.0. The Bertz CT molecular complexity index is 3260. The van der Waals surface area contributed by atoms with Crippen molar-refractivity contribution in [3.05, 3.63) is 228 Å². The minimum atomic E-state index is -0.517. The highest BCUT2D eigenvalue weighted by Crippen LogP contribution is 2.57. The van der Waals surface area contributed by atoms with Gasteiger partial charge in [0.25, 0.3) is 0 Å². The van der Waals surface area contributed by atoms with Crippen molar-refractivity contribution in [3.8, 4) is 56.2 Å². The molecule has 12 rings (SSSR count). The Morgan fingerprint density at radius 1 is 0.373 bits per heavy atom. The third-order valence-electron chi connectivity index (χ3n) is 13.0. The van der Waals surface area contributed by atoms with Crippen LogP contribution in [0.1, 0.15) is 47.2 Å². The molecule has 278 valence electrons. The molecule has 2 aliphatic rings. The van der Waals surface area contributed by atoms with Gasteiger partial charge in [-0.3, -0.25) is 0 Å². The van der Waals surface area contributed by atoms with Gasteiger partial charge in [-0.1, -0.05) is 166 Å². The average molecular weight is 755 g/mol. The van der Waals surface area contributed by atoms with Crippen LogP contribution in [0.4, 0.5) is 0 Å². The van der Waals surface area contributed by atoms with E-state index in [1.165, 1.54) is 55.6 Å². The number of furan rings is 1. The van der Waals surface area contributed by atoms with E-state index in [4.69, 9.17) is 14.4 Å². The molecule has 2 aromatic heterocycles. The van der Waals surface area contributed by atoms with Crippen LogP contribution in [0.5, 0.6) is 0 Å². The molecule has 0 unspecified atom stereocenters. The zero-order valence-electron chi connectivity index (χ0n) is 32.8. The summed E-state index contributed by atoms with van der Waals surface area (Å²) in [4.78, 5) is 10.8. The van der Waals surface area contributed by atoms with E-state index in [0.29, 0.717) is 5.82 Å². The maximum Gasteiger partial charge on any atom is 0.160 e. The first kappa shape index (κ1) is 33.7. The van der Waals surface area contributed by atoms with Gasteiger partial charge in [-0.05, 0) is 98.1 Å². The summed E-state index contributed by atoms with van der Waals surface area (Å²) in [5.74, 6) is 0.699. The molecule has 0 saturated heterocycles. The SMILES string of the molecule is CC1(C)c2ccccc2-c2ccc(-c3nc(-c4ccc5c(c4)C(c4ccccc4)(c4ccccc4)c4ccccc4-5)cc(-c4ccc5oc6ccccc6c5c4)n3)cc21. The van der Waals surface area contributed by atoms with E-state index in [1.54, 1.807) is 0 Å². The lowest BCUT2D eigenvalue weighted by Gasteiger charge is -2.34. The van der Waals surface area contributed by atoms with Crippen molar-refractivity contribution in [3.63, 3.8) is 0 Å². The summed E-state index contributed by atoms with van der Waals surface area (Å²) >= 11 is 0. The quantitative estimate of drug-likeness (QED) is 0.176. The van der Waals surface area contributed by atoms with Gasteiger partial charge in [-0.2, -0.15) is 0 Å². The first-order valence-electron chi connectivity index (χ1n) is 20.4. The summed E-state index contributed by atoms with van der Waals surface area (Å²) < 4.78 is 6.25. The van der Waals surface area contributed by atoms with Crippen LogP contribution in [0.25, 0.3) is 78.1 Å². The second kappa shape index (κ2) is 12.6. The van der Waals surface area contributed by atoms with Gasteiger partial charge in [0.05, 0.1) is 16.8 Å². The summed E-state index contributed by atoms with van der Waals surface area (Å²) in [5.41, 5.74) is 18.6. The Balaban J connectivity index is 1.10. The summed E-state index contributed by atoms with van der Waals surface area (Å²) in [6, 6.07) is 70.1. The molecule has 2 heterocycles. The van der Waals surface area contributed by atoms with Gasteiger partial charge in [-0.25, -0.2) is 9.97 Å². The number of benzene rings is 8. The molecule has 3 nitrogen and oxygen atoms in total. The first-order valence-corrected chi connectivity index (χ1v) is 20.4. The number of nitrogens with zero attached hydrogens (tertiary/aromatic N) is 2. The predicted molar refractivity (Wildman–Crippen MR) is 240 cm³/mol. The standard InChI is InChI=1S/C56H38N2O/c1-55(2)46-22-12-9-19-40(46)42-29-26-37(33-48(42)55)54-57-50(35-27-30-53-45(31-35)44-21-11-14-24-52(44)59-53)34-51(58-54)36-25-28-43-41-20-10-13-23-47(41)56(49(43)32-36,38-15-5-3-6-16-38)39-17-7-4-8-18-39/h3-34H,1-2H3. The van der Waals surface area contributed by atoms with E-state index in [-0.39, 0.29) is 5.41 Å². The monoisotopic (exact) mass is 754 g/mol. The van der Waals surface area contributed by atoms with Crippen LogP contribution in [0.3, 0.4) is 0 Å². The third-order valence-corrected chi connectivity index (χ3v) is 13.0. The molecule has 0 saturated carbocycles. The maximum absolute atomic E-state index is 6.25. The van der Waals surface area contributed by atoms with Gasteiger partial charge in [0, 0.05) is 32.9 Å². The lowest BCUT2D eigenvalue weighted by molar-refractivity contribution is 0.660. The zero-order chi connectivity index (χ0) is 39.3. The van der Waals surface area contributed by atoms with Crippen molar-refractivity contribution in [2.24, 2.45) is 0 Å². The van der Waals surface area contributed by atoms with Crippen molar-refractivity contribution in [2.45, 2.75) is 24.7 Å². The Morgan fingerprint density at radius 3 is 1.61 bits per heavy atom. The minimum Gasteiger partial charge on any atom is -0.456 e. The summed E-state index contributed by atoms with van der Waals surface area (Å²) in [7, 11) is 0. The normalized spacial score (nSPS) is 14.2.